The van der Waals surface area contributed by atoms with Crippen LogP contribution < -0.4 is 0 Å². The summed E-state index contributed by atoms with van der Waals surface area (Å²) in [6.45, 7) is 10.2. The first-order valence-electron chi connectivity index (χ1n) is 10.7. The van der Waals surface area contributed by atoms with Gasteiger partial charge in [0.2, 0.25) is 0 Å². The summed E-state index contributed by atoms with van der Waals surface area (Å²) >= 11 is 0. The van der Waals surface area contributed by atoms with Crippen LogP contribution in [0.25, 0.3) is 0 Å². The van der Waals surface area contributed by atoms with Gasteiger partial charge in [-0.05, 0) is 59.2 Å². The lowest BCUT2D eigenvalue weighted by atomic mass is 10.2. The Hall–Kier alpha value is -3.42. The minimum atomic E-state index is -0.703. The van der Waals surface area contributed by atoms with Crippen molar-refractivity contribution in [2.45, 2.75) is 65.9 Å². The molecule has 0 unspecified atom stereocenters. The van der Waals surface area contributed by atoms with Crippen LogP contribution >= 0.6 is 0 Å². The van der Waals surface area contributed by atoms with Crippen molar-refractivity contribution in [1.82, 2.24) is 9.88 Å². The first-order valence-corrected chi connectivity index (χ1v) is 10.7. The fraction of sp³-hybridized carbons (Fsp3) is 0.440. The van der Waals surface area contributed by atoms with Crippen molar-refractivity contribution in [2.75, 3.05) is 6.54 Å². The second-order valence-electron chi connectivity index (χ2n) is 9.50. The molecule has 2 rings (SSSR count). The number of nitrogens with zero attached hydrogens (tertiary/aromatic N) is 2. The Morgan fingerprint density at radius 1 is 0.848 bits per heavy atom. The summed E-state index contributed by atoms with van der Waals surface area (Å²) in [6.07, 6.45) is -0.700. The van der Waals surface area contributed by atoms with Crippen LogP contribution in [0.1, 0.15) is 63.3 Å². The maximum absolute atomic E-state index is 12.8. The first kappa shape index (κ1) is 25.8. The molecule has 1 amide bonds. The summed E-state index contributed by atoms with van der Waals surface area (Å²) in [4.78, 5) is 43.1. The highest BCUT2D eigenvalue weighted by Crippen LogP contribution is 2.14. The van der Waals surface area contributed by atoms with Gasteiger partial charge in [-0.15, -0.1) is 0 Å². The van der Waals surface area contributed by atoms with Crippen LogP contribution in [0, 0.1) is 0 Å². The van der Waals surface area contributed by atoms with Gasteiger partial charge in [0.15, 0.2) is 0 Å². The monoisotopic (exact) mass is 456 g/mol. The van der Waals surface area contributed by atoms with E-state index < -0.39 is 29.2 Å². The van der Waals surface area contributed by atoms with Crippen LogP contribution in [0.2, 0.25) is 0 Å². The lowest BCUT2D eigenvalue weighted by molar-refractivity contribution is -0.155. The van der Waals surface area contributed by atoms with E-state index in [9.17, 15) is 14.4 Å². The Balaban J connectivity index is 2.17. The molecule has 8 nitrogen and oxygen atoms in total. The second kappa shape index (κ2) is 10.9. The van der Waals surface area contributed by atoms with Gasteiger partial charge in [-0.3, -0.25) is 9.69 Å². The molecule has 0 spiro atoms. The minimum absolute atomic E-state index is 0.0515. The third kappa shape index (κ3) is 9.72. The van der Waals surface area contributed by atoms with Gasteiger partial charge in [0.25, 0.3) is 0 Å². The average Bonchev–Trinajstić information content (AvgIpc) is 2.70. The average molecular weight is 457 g/mol. The van der Waals surface area contributed by atoms with Crippen LogP contribution in [0.3, 0.4) is 0 Å². The number of aromatic nitrogens is 1. The van der Waals surface area contributed by atoms with E-state index in [1.54, 1.807) is 53.7 Å². The zero-order valence-electron chi connectivity index (χ0n) is 20.1. The lowest BCUT2D eigenvalue weighted by Gasteiger charge is -2.25. The number of esters is 2. The van der Waals surface area contributed by atoms with Gasteiger partial charge in [-0.1, -0.05) is 36.4 Å². The van der Waals surface area contributed by atoms with Crippen LogP contribution in [0.5, 0.6) is 0 Å². The van der Waals surface area contributed by atoms with Crippen molar-refractivity contribution in [3.63, 3.8) is 0 Å². The molecule has 0 radical (unpaired) electrons. The molecule has 0 bridgehead atoms. The number of pyridine rings is 1. The van der Waals surface area contributed by atoms with Gasteiger partial charge in [0.05, 0.1) is 12.2 Å². The van der Waals surface area contributed by atoms with E-state index in [1.165, 1.54) is 11.0 Å². The number of hydrogen-bond donors (Lipinski definition) is 0. The molecule has 0 saturated carbocycles. The van der Waals surface area contributed by atoms with E-state index >= 15 is 0 Å². The zero-order chi connectivity index (χ0) is 24.6. The Kier molecular flexibility index (Phi) is 8.56. The molecular weight excluding hydrogens is 424 g/mol. The highest BCUT2D eigenvalue weighted by Gasteiger charge is 2.25. The molecular formula is C25H32N2O6. The molecule has 8 heteroatoms. The molecule has 1 aromatic carbocycles. The predicted molar refractivity (Wildman–Crippen MR) is 122 cm³/mol. The van der Waals surface area contributed by atoms with Gasteiger partial charge in [0, 0.05) is 0 Å². The predicted octanol–water partition coefficient (Wildman–Crippen LogP) is 4.52. The Labute approximate surface area is 194 Å². The first-order chi connectivity index (χ1) is 15.3. The van der Waals surface area contributed by atoms with Crippen molar-refractivity contribution in [3.8, 4) is 0 Å². The number of benzene rings is 1. The minimum Gasteiger partial charge on any atom is -0.459 e. The summed E-state index contributed by atoms with van der Waals surface area (Å²) in [6, 6.07) is 14.0. The van der Waals surface area contributed by atoms with Crippen LogP contribution in [0.15, 0.2) is 48.5 Å². The number of carbonyl (C=O) groups excluding carboxylic acids is 3. The molecule has 1 aromatic heterocycles. The SMILES string of the molecule is CC(C)(C)OC(=O)CN(Cc1cccc(C(=O)OC(C)(C)C)n1)C(=O)OCc1ccccc1. The van der Waals surface area contributed by atoms with E-state index in [2.05, 4.69) is 4.98 Å². The second-order valence-corrected chi connectivity index (χ2v) is 9.50. The summed E-state index contributed by atoms with van der Waals surface area (Å²) < 4.78 is 16.1. The fourth-order valence-corrected chi connectivity index (χ4v) is 2.73. The van der Waals surface area contributed by atoms with Gasteiger partial charge < -0.3 is 14.2 Å². The highest BCUT2D eigenvalue weighted by molar-refractivity contribution is 5.87. The van der Waals surface area contributed by atoms with Crippen molar-refractivity contribution in [2.24, 2.45) is 0 Å². The largest absolute Gasteiger partial charge is 0.459 e. The summed E-state index contributed by atoms with van der Waals surface area (Å²) in [5.74, 6) is -1.16. The summed E-state index contributed by atoms with van der Waals surface area (Å²) in [7, 11) is 0. The van der Waals surface area contributed by atoms with Crippen LogP contribution in [0.4, 0.5) is 4.79 Å². The van der Waals surface area contributed by atoms with Gasteiger partial charge in [-0.2, -0.15) is 0 Å². The molecule has 0 aliphatic rings. The van der Waals surface area contributed by atoms with E-state index in [0.717, 1.165) is 5.56 Å². The van der Waals surface area contributed by atoms with Crippen LogP contribution in [-0.2, 0) is 32.2 Å². The third-order valence-electron chi connectivity index (χ3n) is 3.97. The van der Waals surface area contributed by atoms with Crippen molar-refractivity contribution in [1.29, 1.82) is 0 Å². The molecule has 178 valence electrons. The number of carbonyl (C=O) groups is 3. The number of amides is 1. The highest BCUT2D eigenvalue weighted by atomic mass is 16.6. The van der Waals surface area contributed by atoms with Crippen LogP contribution in [-0.4, -0.2) is 45.7 Å². The molecule has 1 heterocycles. The molecule has 2 aromatic rings. The smallest absolute Gasteiger partial charge is 0.410 e. The van der Waals surface area contributed by atoms with Gasteiger partial charge in [-0.25, -0.2) is 14.6 Å². The zero-order valence-corrected chi connectivity index (χ0v) is 20.1. The third-order valence-corrected chi connectivity index (χ3v) is 3.97. The molecule has 0 aliphatic carbocycles. The van der Waals surface area contributed by atoms with Crippen molar-refractivity contribution in [3.05, 3.63) is 65.5 Å². The quantitative estimate of drug-likeness (QED) is 0.447. The van der Waals surface area contributed by atoms with E-state index in [0.29, 0.717) is 5.69 Å². The maximum atomic E-state index is 12.8. The lowest BCUT2D eigenvalue weighted by Crippen LogP contribution is -2.39. The topological polar surface area (TPSA) is 95.0 Å². The molecule has 0 saturated heterocycles. The normalized spacial score (nSPS) is 11.5. The van der Waals surface area contributed by atoms with Crippen molar-refractivity contribution < 1.29 is 28.6 Å². The summed E-state index contributed by atoms with van der Waals surface area (Å²) in [5.41, 5.74) is -0.0476. The van der Waals surface area contributed by atoms with E-state index in [4.69, 9.17) is 14.2 Å². The number of hydrogen-bond acceptors (Lipinski definition) is 7. The Bertz CT molecular complexity index is 961. The fourth-order valence-electron chi connectivity index (χ4n) is 2.73. The Morgan fingerprint density at radius 2 is 1.48 bits per heavy atom. The molecule has 0 fully saturated rings. The molecule has 0 atom stereocenters. The molecule has 0 N–H and O–H groups in total. The van der Waals surface area contributed by atoms with Gasteiger partial charge >= 0.3 is 18.0 Å². The molecule has 33 heavy (non-hydrogen) atoms. The molecule has 0 aliphatic heterocycles. The maximum Gasteiger partial charge on any atom is 0.410 e. The summed E-state index contributed by atoms with van der Waals surface area (Å²) in [5, 5.41) is 0. The number of ether oxygens (including phenoxy) is 3. The Morgan fingerprint density at radius 3 is 2.09 bits per heavy atom. The number of rotatable bonds is 7. The van der Waals surface area contributed by atoms with E-state index in [1.807, 2.05) is 30.3 Å². The van der Waals surface area contributed by atoms with E-state index in [-0.39, 0.29) is 25.4 Å². The van der Waals surface area contributed by atoms with Gasteiger partial charge in [0.1, 0.15) is 30.0 Å². The van der Waals surface area contributed by atoms with Crippen molar-refractivity contribution >= 4 is 18.0 Å². The standard InChI is InChI=1S/C25H32N2O6/c1-24(2,3)32-21(28)16-27(23(30)31-17-18-11-8-7-9-12-18)15-19-13-10-14-20(26-19)22(29)33-25(4,5)6/h7-14H,15-17H2,1-6H3.